The number of nitrogens with two attached hydrogens (primary N) is 1. The van der Waals surface area contributed by atoms with Gasteiger partial charge in [0.15, 0.2) is 0 Å². The summed E-state index contributed by atoms with van der Waals surface area (Å²) in [7, 11) is 0.0351. The molecule has 0 bridgehead atoms. The Morgan fingerprint density at radius 3 is 2.70 bits per heavy atom. The molecule has 8 heteroatoms. The van der Waals surface area contributed by atoms with Crippen molar-refractivity contribution < 1.29 is 13.2 Å². The third kappa shape index (κ3) is 5.37. The van der Waals surface area contributed by atoms with Crippen molar-refractivity contribution in [2.45, 2.75) is 4.90 Å². The molecule has 0 aliphatic carbocycles. The first-order chi connectivity index (χ1) is 9.36. The van der Waals surface area contributed by atoms with E-state index in [2.05, 4.69) is 20.7 Å². The zero-order valence-electron chi connectivity index (χ0n) is 11.6. The SMILES string of the molecule is COCCN(C)CCNS(=O)(=O)c1ccc(N)c(Br)c1. The lowest BCUT2D eigenvalue weighted by Gasteiger charge is -2.16. The maximum absolute atomic E-state index is 12.1. The van der Waals surface area contributed by atoms with E-state index in [9.17, 15) is 8.42 Å². The van der Waals surface area contributed by atoms with Crippen molar-refractivity contribution in [2.24, 2.45) is 0 Å². The molecule has 1 rings (SSSR count). The number of nitrogens with one attached hydrogen (secondary N) is 1. The molecule has 0 atom stereocenters. The van der Waals surface area contributed by atoms with Gasteiger partial charge >= 0.3 is 0 Å². The van der Waals surface area contributed by atoms with Crippen molar-refractivity contribution in [1.29, 1.82) is 0 Å². The van der Waals surface area contributed by atoms with E-state index in [-0.39, 0.29) is 4.90 Å². The third-order valence-corrected chi connectivity index (χ3v) is 4.89. The van der Waals surface area contributed by atoms with Gasteiger partial charge in [0.1, 0.15) is 0 Å². The van der Waals surface area contributed by atoms with Crippen molar-refractivity contribution in [2.75, 3.05) is 46.1 Å². The minimum Gasteiger partial charge on any atom is -0.398 e. The second-order valence-corrected chi connectivity index (χ2v) is 7.00. The molecule has 1 aromatic carbocycles. The first kappa shape index (κ1) is 17.4. The zero-order valence-corrected chi connectivity index (χ0v) is 14.0. The number of anilines is 1. The lowest BCUT2D eigenvalue weighted by Crippen LogP contribution is -2.34. The van der Waals surface area contributed by atoms with E-state index >= 15 is 0 Å². The Labute approximate surface area is 128 Å². The molecule has 6 nitrogen and oxygen atoms in total. The van der Waals surface area contributed by atoms with Crippen LogP contribution in [-0.4, -0.2) is 53.7 Å². The van der Waals surface area contributed by atoms with Crippen LogP contribution in [0, 0.1) is 0 Å². The monoisotopic (exact) mass is 365 g/mol. The summed E-state index contributed by atoms with van der Waals surface area (Å²) in [5.74, 6) is 0. The quantitative estimate of drug-likeness (QED) is 0.668. The van der Waals surface area contributed by atoms with Crippen LogP contribution >= 0.6 is 15.9 Å². The van der Waals surface area contributed by atoms with Crippen LogP contribution in [-0.2, 0) is 14.8 Å². The van der Waals surface area contributed by atoms with Gasteiger partial charge in [0, 0.05) is 36.9 Å². The van der Waals surface area contributed by atoms with Crippen LogP contribution in [0.2, 0.25) is 0 Å². The molecule has 20 heavy (non-hydrogen) atoms. The molecule has 0 aliphatic heterocycles. The zero-order chi connectivity index (χ0) is 15.2. The molecular weight excluding hydrogens is 346 g/mol. The fourth-order valence-corrected chi connectivity index (χ4v) is 3.07. The van der Waals surface area contributed by atoms with Crippen LogP contribution in [0.25, 0.3) is 0 Å². The highest BCUT2D eigenvalue weighted by Crippen LogP contribution is 2.22. The van der Waals surface area contributed by atoms with Crippen LogP contribution in [0.1, 0.15) is 0 Å². The fourth-order valence-electron chi connectivity index (χ4n) is 1.49. The van der Waals surface area contributed by atoms with Gasteiger partial charge in [-0.3, -0.25) is 0 Å². The van der Waals surface area contributed by atoms with Gasteiger partial charge < -0.3 is 15.4 Å². The Bertz CT molecular complexity index is 537. The van der Waals surface area contributed by atoms with Crippen molar-refractivity contribution in [3.63, 3.8) is 0 Å². The van der Waals surface area contributed by atoms with E-state index in [0.29, 0.717) is 29.9 Å². The number of halogens is 1. The number of ether oxygens (including phenoxy) is 1. The lowest BCUT2D eigenvalue weighted by molar-refractivity contribution is 0.162. The van der Waals surface area contributed by atoms with E-state index in [0.717, 1.165) is 6.54 Å². The molecule has 114 valence electrons. The van der Waals surface area contributed by atoms with Crippen molar-refractivity contribution >= 4 is 31.6 Å². The van der Waals surface area contributed by atoms with Crippen LogP contribution in [0.15, 0.2) is 27.6 Å². The van der Waals surface area contributed by atoms with Crippen LogP contribution in [0.4, 0.5) is 5.69 Å². The molecular formula is C12H20BrN3O3S. The lowest BCUT2D eigenvalue weighted by atomic mass is 10.3. The van der Waals surface area contributed by atoms with Gasteiger partial charge in [0.05, 0.1) is 11.5 Å². The number of benzene rings is 1. The molecule has 3 N–H and O–H groups in total. The summed E-state index contributed by atoms with van der Waals surface area (Å²) < 4.78 is 32.2. The third-order valence-electron chi connectivity index (χ3n) is 2.74. The summed E-state index contributed by atoms with van der Waals surface area (Å²) in [6.45, 7) is 2.32. The van der Waals surface area contributed by atoms with Gasteiger partial charge in [-0.15, -0.1) is 0 Å². The highest BCUT2D eigenvalue weighted by molar-refractivity contribution is 9.10. The standard InChI is InChI=1S/C12H20BrN3O3S/c1-16(7-8-19-2)6-5-15-20(17,18)10-3-4-12(14)11(13)9-10/h3-4,9,15H,5-8,14H2,1-2H3. The molecule has 0 saturated carbocycles. The number of methoxy groups -OCH3 is 1. The van der Waals surface area contributed by atoms with E-state index < -0.39 is 10.0 Å². The Balaban J connectivity index is 2.55. The first-order valence-electron chi connectivity index (χ1n) is 6.09. The Morgan fingerprint density at radius 1 is 1.40 bits per heavy atom. The fraction of sp³-hybridized carbons (Fsp3) is 0.500. The average molecular weight is 366 g/mol. The molecule has 0 saturated heterocycles. The van der Waals surface area contributed by atoms with Crippen LogP contribution < -0.4 is 10.5 Å². The largest absolute Gasteiger partial charge is 0.398 e. The molecule has 1 aromatic rings. The van der Waals surface area contributed by atoms with Gasteiger partial charge in [-0.2, -0.15) is 0 Å². The molecule has 0 aromatic heterocycles. The van der Waals surface area contributed by atoms with Gasteiger partial charge in [0.2, 0.25) is 10.0 Å². The van der Waals surface area contributed by atoms with Crippen LogP contribution in [0.3, 0.4) is 0 Å². The molecule has 0 aliphatic rings. The van der Waals surface area contributed by atoms with E-state index in [4.69, 9.17) is 10.5 Å². The van der Waals surface area contributed by atoms with Gasteiger partial charge in [0.25, 0.3) is 0 Å². The summed E-state index contributed by atoms with van der Waals surface area (Å²) in [6.07, 6.45) is 0. The Hall–Kier alpha value is -0.670. The number of sulfonamides is 1. The normalized spacial score (nSPS) is 12.0. The van der Waals surface area contributed by atoms with E-state index in [1.807, 2.05) is 11.9 Å². The topological polar surface area (TPSA) is 84.7 Å². The summed E-state index contributed by atoms with van der Waals surface area (Å²) >= 11 is 3.22. The maximum Gasteiger partial charge on any atom is 0.240 e. The van der Waals surface area contributed by atoms with Crippen molar-refractivity contribution in [3.05, 3.63) is 22.7 Å². The summed E-state index contributed by atoms with van der Waals surface area (Å²) in [5.41, 5.74) is 6.14. The summed E-state index contributed by atoms with van der Waals surface area (Å²) in [4.78, 5) is 2.18. The van der Waals surface area contributed by atoms with E-state index in [1.54, 1.807) is 13.2 Å². The molecule has 0 fully saturated rings. The molecule has 0 spiro atoms. The second kappa shape index (κ2) is 7.94. The number of nitrogen functional groups attached to an aromatic ring is 1. The molecule has 0 unspecified atom stereocenters. The first-order valence-corrected chi connectivity index (χ1v) is 8.36. The second-order valence-electron chi connectivity index (χ2n) is 4.38. The number of likely N-dealkylation sites (N-methyl/N-ethyl adjacent to an activating group) is 1. The average Bonchev–Trinajstić information content (AvgIpc) is 2.39. The highest BCUT2D eigenvalue weighted by atomic mass is 79.9. The molecule has 0 radical (unpaired) electrons. The molecule has 0 heterocycles. The van der Waals surface area contributed by atoms with E-state index in [1.165, 1.54) is 12.1 Å². The Kier molecular flexibility index (Phi) is 6.90. The minimum absolute atomic E-state index is 0.193. The maximum atomic E-state index is 12.1. The van der Waals surface area contributed by atoms with Crippen LogP contribution in [0.5, 0.6) is 0 Å². The number of hydrogen-bond acceptors (Lipinski definition) is 5. The summed E-state index contributed by atoms with van der Waals surface area (Å²) in [6, 6.07) is 4.53. The van der Waals surface area contributed by atoms with Crippen molar-refractivity contribution in [3.8, 4) is 0 Å². The minimum atomic E-state index is -3.51. The molecule has 0 amide bonds. The number of nitrogens with zero attached hydrogens (tertiary/aromatic N) is 1. The van der Waals surface area contributed by atoms with Gasteiger partial charge in [-0.25, -0.2) is 13.1 Å². The Morgan fingerprint density at radius 2 is 2.10 bits per heavy atom. The predicted molar refractivity (Wildman–Crippen MR) is 83.1 cm³/mol. The predicted octanol–water partition coefficient (Wildman–Crippen LogP) is 0.888. The smallest absolute Gasteiger partial charge is 0.240 e. The van der Waals surface area contributed by atoms with Crippen molar-refractivity contribution in [1.82, 2.24) is 9.62 Å². The highest BCUT2D eigenvalue weighted by Gasteiger charge is 2.14. The van der Waals surface area contributed by atoms with Gasteiger partial charge in [-0.05, 0) is 41.2 Å². The number of hydrogen-bond donors (Lipinski definition) is 2. The number of rotatable bonds is 8. The summed E-state index contributed by atoms with van der Waals surface area (Å²) in [5, 5.41) is 0. The van der Waals surface area contributed by atoms with Gasteiger partial charge in [-0.1, -0.05) is 0 Å².